The smallest absolute Gasteiger partial charge is 0.150 e. The maximum atomic E-state index is 11.8. The number of hydrogen-bond acceptors (Lipinski definition) is 4. The second kappa shape index (κ2) is 5.82. The predicted octanol–water partition coefficient (Wildman–Crippen LogP) is 0.423. The lowest BCUT2D eigenvalue weighted by Gasteiger charge is -2.22. The number of rotatable bonds is 5. The first-order valence-corrected chi connectivity index (χ1v) is 7.34. The first-order chi connectivity index (χ1) is 7.03. The Bertz CT molecular complexity index is 270. The van der Waals surface area contributed by atoms with Crippen LogP contribution in [0.5, 0.6) is 0 Å². The van der Waals surface area contributed by atoms with Gasteiger partial charge in [-0.25, -0.2) is 8.42 Å². The highest BCUT2D eigenvalue weighted by atomic mass is 32.2. The molecular weight excluding hydrogens is 214 g/mol. The van der Waals surface area contributed by atoms with Gasteiger partial charge in [-0.2, -0.15) is 0 Å². The lowest BCUT2D eigenvalue weighted by Crippen LogP contribution is -2.28. The second-order valence-electron chi connectivity index (χ2n) is 4.47. The molecule has 1 unspecified atom stereocenters. The van der Waals surface area contributed by atoms with E-state index in [0.29, 0.717) is 25.5 Å². The molecule has 1 aliphatic rings. The zero-order valence-electron chi connectivity index (χ0n) is 9.31. The van der Waals surface area contributed by atoms with E-state index >= 15 is 0 Å². The Morgan fingerprint density at radius 3 is 2.53 bits per heavy atom. The lowest BCUT2D eigenvalue weighted by atomic mass is 10.0. The minimum absolute atomic E-state index is 0.0647. The van der Waals surface area contributed by atoms with Gasteiger partial charge in [-0.05, 0) is 31.2 Å². The van der Waals surface area contributed by atoms with Gasteiger partial charge in [0.1, 0.15) is 0 Å². The number of ether oxygens (including phenoxy) is 1. The van der Waals surface area contributed by atoms with E-state index in [4.69, 9.17) is 10.5 Å². The van der Waals surface area contributed by atoms with Gasteiger partial charge in [-0.3, -0.25) is 0 Å². The van der Waals surface area contributed by atoms with E-state index in [1.54, 1.807) is 0 Å². The molecule has 4 nitrogen and oxygen atoms in total. The third-order valence-corrected chi connectivity index (χ3v) is 4.83. The van der Waals surface area contributed by atoms with Crippen LogP contribution in [-0.2, 0) is 14.6 Å². The summed E-state index contributed by atoms with van der Waals surface area (Å²) in [6.07, 6.45) is 1.74. The van der Waals surface area contributed by atoms with E-state index in [9.17, 15) is 8.42 Å². The van der Waals surface area contributed by atoms with Crippen molar-refractivity contribution in [3.05, 3.63) is 0 Å². The molecule has 1 aliphatic heterocycles. The molecule has 1 saturated heterocycles. The van der Waals surface area contributed by atoms with E-state index in [-0.39, 0.29) is 17.6 Å². The van der Waals surface area contributed by atoms with Gasteiger partial charge in [-0.1, -0.05) is 6.92 Å². The van der Waals surface area contributed by atoms with Crippen LogP contribution in [0.1, 0.15) is 19.8 Å². The minimum atomic E-state index is -2.93. The number of hydrogen-bond donors (Lipinski definition) is 1. The maximum absolute atomic E-state index is 11.8. The number of nitrogens with two attached hydrogens (primary N) is 1. The zero-order chi connectivity index (χ0) is 11.3. The highest BCUT2D eigenvalue weighted by Crippen LogP contribution is 2.17. The quantitative estimate of drug-likeness (QED) is 0.750. The van der Waals surface area contributed by atoms with E-state index in [0.717, 1.165) is 12.8 Å². The molecule has 1 rings (SSSR count). The third-order valence-electron chi connectivity index (χ3n) is 2.77. The molecule has 1 atom stereocenters. The average molecular weight is 235 g/mol. The molecular formula is C10H21NO3S. The molecule has 0 spiro atoms. The van der Waals surface area contributed by atoms with E-state index < -0.39 is 9.84 Å². The molecule has 0 aromatic heterocycles. The summed E-state index contributed by atoms with van der Waals surface area (Å²) >= 11 is 0. The predicted molar refractivity (Wildman–Crippen MR) is 60.4 cm³/mol. The van der Waals surface area contributed by atoms with Gasteiger partial charge in [-0.15, -0.1) is 0 Å². The van der Waals surface area contributed by atoms with E-state index in [1.807, 2.05) is 6.92 Å². The summed E-state index contributed by atoms with van der Waals surface area (Å²) in [5.74, 6) is 0.880. The van der Waals surface area contributed by atoms with Crippen molar-refractivity contribution in [3.63, 3.8) is 0 Å². The molecule has 90 valence electrons. The summed E-state index contributed by atoms with van der Waals surface area (Å²) in [5, 5.41) is 0. The van der Waals surface area contributed by atoms with Crippen molar-refractivity contribution in [2.75, 3.05) is 31.3 Å². The molecule has 0 aromatic carbocycles. The summed E-state index contributed by atoms with van der Waals surface area (Å²) in [7, 11) is -2.93. The van der Waals surface area contributed by atoms with Crippen molar-refractivity contribution in [1.29, 1.82) is 0 Å². The van der Waals surface area contributed by atoms with Crippen molar-refractivity contribution in [1.82, 2.24) is 0 Å². The molecule has 0 bridgehead atoms. The van der Waals surface area contributed by atoms with Crippen molar-refractivity contribution in [2.45, 2.75) is 19.8 Å². The molecule has 5 heteroatoms. The molecule has 1 fully saturated rings. The Morgan fingerprint density at radius 2 is 2.00 bits per heavy atom. The van der Waals surface area contributed by atoms with Crippen LogP contribution >= 0.6 is 0 Å². The van der Waals surface area contributed by atoms with Crippen LogP contribution in [-0.4, -0.2) is 39.7 Å². The first kappa shape index (κ1) is 12.9. The fourth-order valence-corrected chi connectivity index (χ4v) is 4.03. The zero-order valence-corrected chi connectivity index (χ0v) is 10.1. The standard InChI is InChI=1S/C10H21NO3S/c1-9(6-11)7-15(12,13)8-10-2-4-14-5-3-10/h9-10H,2-8,11H2,1H3. The van der Waals surface area contributed by atoms with Crippen molar-refractivity contribution >= 4 is 9.84 Å². The molecule has 1 heterocycles. The molecule has 0 amide bonds. The summed E-state index contributed by atoms with van der Waals surface area (Å²) in [6, 6.07) is 0. The molecule has 0 saturated carbocycles. The van der Waals surface area contributed by atoms with Gasteiger partial charge < -0.3 is 10.5 Å². The van der Waals surface area contributed by atoms with Crippen LogP contribution < -0.4 is 5.73 Å². The van der Waals surface area contributed by atoms with Crippen LogP contribution in [0.3, 0.4) is 0 Å². The Hall–Kier alpha value is -0.130. The number of sulfone groups is 1. The largest absolute Gasteiger partial charge is 0.381 e. The fourth-order valence-electron chi connectivity index (χ4n) is 1.84. The van der Waals surface area contributed by atoms with Gasteiger partial charge in [0.15, 0.2) is 9.84 Å². The van der Waals surface area contributed by atoms with E-state index in [1.165, 1.54) is 0 Å². The molecule has 0 radical (unpaired) electrons. The Labute approximate surface area is 92.1 Å². The van der Waals surface area contributed by atoms with Crippen molar-refractivity contribution < 1.29 is 13.2 Å². The Balaban J connectivity index is 2.40. The van der Waals surface area contributed by atoms with Crippen LogP contribution in [0.15, 0.2) is 0 Å². The topological polar surface area (TPSA) is 69.4 Å². The first-order valence-electron chi connectivity index (χ1n) is 5.51. The second-order valence-corrected chi connectivity index (χ2v) is 6.63. The lowest BCUT2D eigenvalue weighted by molar-refractivity contribution is 0.0723. The maximum Gasteiger partial charge on any atom is 0.150 e. The summed E-state index contributed by atoms with van der Waals surface area (Å²) in [6.45, 7) is 3.72. The third kappa shape index (κ3) is 4.95. The highest BCUT2D eigenvalue weighted by Gasteiger charge is 2.22. The SMILES string of the molecule is CC(CN)CS(=O)(=O)CC1CCOCC1. The van der Waals surface area contributed by atoms with Crippen LogP contribution in [0.4, 0.5) is 0 Å². The normalized spacial score (nSPS) is 21.5. The summed E-state index contributed by atoms with van der Waals surface area (Å²) < 4.78 is 28.7. The summed E-state index contributed by atoms with van der Waals surface area (Å²) in [5.41, 5.74) is 5.43. The average Bonchev–Trinajstić information content (AvgIpc) is 2.17. The van der Waals surface area contributed by atoms with Crippen molar-refractivity contribution in [3.8, 4) is 0 Å². The molecule has 15 heavy (non-hydrogen) atoms. The highest BCUT2D eigenvalue weighted by molar-refractivity contribution is 7.91. The van der Waals surface area contributed by atoms with Gasteiger partial charge in [0.05, 0.1) is 11.5 Å². The van der Waals surface area contributed by atoms with Crippen molar-refractivity contribution in [2.24, 2.45) is 17.6 Å². The van der Waals surface area contributed by atoms with Crippen LogP contribution in [0.25, 0.3) is 0 Å². The van der Waals surface area contributed by atoms with Gasteiger partial charge in [0.25, 0.3) is 0 Å². The van der Waals surface area contributed by atoms with Gasteiger partial charge in [0, 0.05) is 13.2 Å². The van der Waals surface area contributed by atoms with Gasteiger partial charge in [0.2, 0.25) is 0 Å². The van der Waals surface area contributed by atoms with Crippen LogP contribution in [0, 0.1) is 11.8 Å². The van der Waals surface area contributed by atoms with Crippen LogP contribution in [0.2, 0.25) is 0 Å². The van der Waals surface area contributed by atoms with Gasteiger partial charge >= 0.3 is 0 Å². The summed E-state index contributed by atoms with van der Waals surface area (Å²) in [4.78, 5) is 0. The Kier molecular flexibility index (Phi) is 5.02. The molecule has 0 aromatic rings. The minimum Gasteiger partial charge on any atom is -0.381 e. The molecule has 2 N–H and O–H groups in total. The Morgan fingerprint density at radius 1 is 1.40 bits per heavy atom. The fraction of sp³-hybridized carbons (Fsp3) is 1.00. The monoisotopic (exact) mass is 235 g/mol. The molecule has 0 aliphatic carbocycles. The van der Waals surface area contributed by atoms with E-state index in [2.05, 4.69) is 0 Å².